The number of carbonyl (C=O) groups excluding carboxylic acids is 1. The van der Waals surface area contributed by atoms with Gasteiger partial charge in [-0.25, -0.2) is 0 Å². The van der Waals surface area contributed by atoms with Gasteiger partial charge in [0.1, 0.15) is 5.75 Å². The van der Waals surface area contributed by atoms with E-state index in [1.165, 1.54) is 19.3 Å². The molecular formula is C24H29N3O4. The molecule has 1 fully saturated rings. The maximum atomic E-state index is 12.6. The summed E-state index contributed by atoms with van der Waals surface area (Å²) >= 11 is 0. The van der Waals surface area contributed by atoms with Gasteiger partial charge in [0.25, 0.3) is 5.91 Å². The number of rotatable bonds is 9. The van der Waals surface area contributed by atoms with Gasteiger partial charge < -0.3 is 25.2 Å². The minimum Gasteiger partial charge on any atom is -0.468 e. The van der Waals surface area contributed by atoms with Gasteiger partial charge >= 0.3 is 0 Å². The van der Waals surface area contributed by atoms with E-state index in [4.69, 9.17) is 9.47 Å². The van der Waals surface area contributed by atoms with E-state index in [0.29, 0.717) is 23.8 Å². The molecule has 7 heteroatoms. The minimum absolute atomic E-state index is 0.144. The summed E-state index contributed by atoms with van der Waals surface area (Å²) in [6, 6.07) is 13.5. The summed E-state index contributed by atoms with van der Waals surface area (Å²) in [5.74, 6) is 0.517. The van der Waals surface area contributed by atoms with Crippen LogP contribution in [0, 0.1) is 0 Å². The number of aliphatic hydroxyl groups is 1. The molecule has 2 aromatic rings. The van der Waals surface area contributed by atoms with Gasteiger partial charge in [0.2, 0.25) is 0 Å². The molecule has 0 saturated heterocycles. The minimum atomic E-state index is -0.769. The van der Waals surface area contributed by atoms with Crippen molar-refractivity contribution in [2.45, 2.75) is 43.9 Å². The summed E-state index contributed by atoms with van der Waals surface area (Å²) in [7, 11) is 1.58. The summed E-state index contributed by atoms with van der Waals surface area (Å²) in [4.78, 5) is 17.0. The molecule has 0 spiro atoms. The van der Waals surface area contributed by atoms with Crippen LogP contribution in [-0.4, -0.2) is 55.9 Å². The predicted molar refractivity (Wildman–Crippen MR) is 120 cm³/mol. The number of hydrogen-bond donors (Lipinski definition) is 3. The molecule has 2 aromatic carbocycles. The lowest BCUT2D eigenvalue weighted by Gasteiger charge is -2.27. The van der Waals surface area contributed by atoms with E-state index >= 15 is 0 Å². The topological polar surface area (TPSA) is 92.2 Å². The SMILES string of the molecule is COCOc1ccc2c(c1)C=NC([C@H](O)CNC(=O)c1cccc(NC3CCC3)c1)C2. The number of nitrogens with one attached hydrogen (secondary N) is 2. The Morgan fingerprint density at radius 3 is 2.90 bits per heavy atom. The van der Waals surface area contributed by atoms with Crippen LogP contribution >= 0.6 is 0 Å². The lowest BCUT2D eigenvalue weighted by Crippen LogP contribution is -2.40. The maximum absolute atomic E-state index is 12.6. The highest BCUT2D eigenvalue weighted by molar-refractivity contribution is 5.95. The normalized spacial score (nSPS) is 18.6. The van der Waals surface area contributed by atoms with Crippen molar-refractivity contribution in [3.05, 3.63) is 59.2 Å². The molecule has 0 radical (unpaired) electrons. The average Bonchev–Trinajstić information content (AvgIpc) is 2.78. The number of nitrogens with zero attached hydrogens (tertiary/aromatic N) is 1. The van der Waals surface area contributed by atoms with Gasteiger partial charge in [-0.15, -0.1) is 0 Å². The fourth-order valence-corrected chi connectivity index (χ4v) is 3.76. The third-order valence-corrected chi connectivity index (χ3v) is 5.81. The van der Waals surface area contributed by atoms with Gasteiger partial charge in [-0.1, -0.05) is 12.1 Å². The molecule has 164 valence electrons. The number of hydrogen-bond acceptors (Lipinski definition) is 6. The van der Waals surface area contributed by atoms with Crippen molar-refractivity contribution in [3.8, 4) is 5.75 Å². The van der Waals surface area contributed by atoms with Crippen LogP contribution in [0.5, 0.6) is 5.75 Å². The average molecular weight is 424 g/mol. The smallest absolute Gasteiger partial charge is 0.251 e. The van der Waals surface area contributed by atoms with Crippen molar-refractivity contribution >= 4 is 17.8 Å². The van der Waals surface area contributed by atoms with Crippen LogP contribution < -0.4 is 15.4 Å². The first kappa shape index (κ1) is 21.3. The molecule has 1 aliphatic carbocycles. The number of carbonyl (C=O) groups is 1. The van der Waals surface area contributed by atoms with Crippen LogP contribution in [0.1, 0.15) is 40.7 Å². The summed E-state index contributed by atoms with van der Waals surface area (Å²) in [5, 5.41) is 16.9. The van der Waals surface area contributed by atoms with Crippen LogP contribution in [-0.2, 0) is 11.2 Å². The van der Waals surface area contributed by atoms with E-state index in [1.807, 2.05) is 36.4 Å². The van der Waals surface area contributed by atoms with Crippen LogP contribution in [0.25, 0.3) is 0 Å². The van der Waals surface area contributed by atoms with Gasteiger partial charge in [0.05, 0.1) is 12.1 Å². The van der Waals surface area contributed by atoms with Gasteiger partial charge in [0.15, 0.2) is 6.79 Å². The highest BCUT2D eigenvalue weighted by Crippen LogP contribution is 2.24. The predicted octanol–water partition coefficient (Wildman–Crippen LogP) is 2.77. The molecule has 4 rings (SSSR count). The maximum Gasteiger partial charge on any atom is 0.251 e. The first-order chi connectivity index (χ1) is 15.1. The number of aliphatic hydroxyl groups excluding tert-OH is 1. The second kappa shape index (κ2) is 9.94. The Hall–Kier alpha value is -2.90. The van der Waals surface area contributed by atoms with E-state index < -0.39 is 6.10 Å². The Bertz CT molecular complexity index is 942. The molecule has 2 atom stereocenters. The quantitative estimate of drug-likeness (QED) is 0.540. The molecule has 2 aliphatic rings. The number of ether oxygens (including phenoxy) is 2. The Balaban J connectivity index is 1.30. The van der Waals surface area contributed by atoms with E-state index in [2.05, 4.69) is 15.6 Å². The molecule has 7 nitrogen and oxygen atoms in total. The van der Waals surface area contributed by atoms with Gasteiger partial charge in [-0.05, 0) is 67.1 Å². The highest BCUT2D eigenvalue weighted by atomic mass is 16.7. The first-order valence-corrected chi connectivity index (χ1v) is 10.7. The standard InChI is InChI=1S/C24H29N3O4/c1-30-15-31-21-9-8-16-12-22(25-13-18(16)11-21)23(28)14-26-24(29)17-4-2-7-20(10-17)27-19-5-3-6-19/h2,4,7-11,13,19,22-23,27-28H,3,5-6,12,14-15H2,1H3,(H,26,29)/t22?,23-/m1/s1. The fourth-order valence-electron chi connectivity index (χ4n) is 3.76. The monoisotopic (exact) mass is 423 g/mol. The molecule has 3 N–H and O–H groups in total. The fraction of sp³-hybridized carbons (Fsp3) is 0.417. The molecule has 1 aliphatic heterocycles. The summed E-state index contributed by atoms with van der Waals surface area (Å²) in [5.41, 5.74) is 3.60. The van der Waals surface area contributed by atoms with Gasteiger partial charge in [0, 0.05) is 37.2 Å². The van der Waals surface area contributed by atoms with Crippen LogP contribution in [0.2, 0.25) is 0 Å². The molecule has 0 aromatic heterocycles. The zero-order valence-corrected chi connectivity index (χ0v) is 17.7. The zero-order chi connectivity index (χ0) is 21.6. The summed E-state index contributed by atoms with van der Waals surface area (Å²) < 4.78 is 10.4. The second-order valence-electron chi connectivity index (χ2n) is 8.09. The number of fused-ring (bicyclic) bond motifs is 1. The van der Waals surface area contributed by atoms with Gasteiger partial charge in [-0.3, -0.25) is 9.79 Å². The zero-order valence-electron chi connectivity index (χ0n) is 17.7. The van der Waals surface area contributed by atoms with Crippen molar-refractivity contribution in [2.24, 2.45) is 4.99 Å². The van der Waals surface area contributed by atoms with E-state index in [1.54, 1.807) is 19.4 Å². The lowest BCUT2D eigenvalue weighted by molar-refractivity contribution is 0.0511. The van der Waals surface area contributed by atoms with Crippen LogP contribution in [0.15, 0.2) is 47.5 Å². The van der Waals surface area contributed by atoms with Crippen molar-refractivity contribution in [1.82, 2.24) is 5.32 Å². The van der Waals surface area contributed by atoms with E-state index in [-0.39, 0.29) is 25.3 Å². The largest absolute Gasteiger partial charge is 0.468 e. The Morgan fingerprint density at radius 2 is 2.13 bits per heavy atom. The Labute approximate surface area is 182 Å². The van der Waals surface area contributed by atoms with Crippen molar-refractivity contribution in [1.29, 1.82) is 0 Å². The third-order valence-electron chi connectivity index (χ3n) is 5.81. The van der Waals surface area contributed by atoms with Gasteiger partial charge in [-0.2, -0.15) is 0 Å². The lowest BCUT2D eigenvalue weighted by atomic mass is 9.93. The van der Waals surface area contributed by atoms with Crippen molar-refractivity contribution < 1.29 is 19.4 Å². The first-order valence-electron chi connectivity index (χ1n) is 10.7. The third kappa shape index (κ3) is 5.42. The highest BCUT2D eigenvalue weighted by Gasteiger charge is 2.24. The molecular weight excluding hydrogens is 394 g/mol. The van der Waals surface area contributed by atoms with Crippen LogP contribution in [0.3, 0.4) is 0 Å². The molecule has 1 heterocycles. The van der Waals surface area contributed by atoms with Crippen molar-refractivity contribution in [2.75, 3.05) is 25.8 Å². The number of amides is 1. The summed E-state index contributed by atoms with van der Waals surface area (Å²) in [6.45, 7) is 0.335. The van der Waals surface area contributed by atoms with Crippen molar-refractivity contribution in [3.63, 3.8) is 0 Å². The Morgan fingerprint density at radius 1 is 1.26 bits per heavy atom. The molecule has 1 saturated carbocycles. The molecule has 1 unspecified atom stereocenters. The number of anilines is 1. The number of aliphatic imine (C=N–C) groups is 1. The summed E-state index contributed by atoms with van der Waals surface area (Å²) in [6.07, 6.45) is 5.20. The van der Waals surface area contributed by atoms with Crippen LogP contribution in [0.4, 0.5) is 5.69 Å². The molecule has 0 bridgehead atoms. The number of benzene rings is 2. The Kier molecular flexibility index (Phi) is 6.84. The number of methoxy groups -OCH3 is 1. The van der Waals surface area contributed by atoms with E-state index in [0.717, 1.165) is 16.8 Å². The molecule has 1 amide bonds. The molecule has 31 heavy (non-hydrogen) atoms. The second-order valence-corrected chi connectivity index (χ2v) is 8.09. The van der Waals surface area contributed by atoms with E-state index in [9.17, 15) is 9.90 Å².